The number of likely N-dealkylation sites (N-methyl/N-ethyl adjacent to an activating group) is 1. The van der Waals surface area contributed by atoms with E-state index >= 15 is 0 Å². The molecule has 1 aromatic carbocycles. The standard InChI is InChI=1S/C14H20IN2O3/c1-4-16-13(14(18)19)9-11-5-7-12(8-6-11)10(2)17-20-15-3/h5-8,13,16H,4,9H2,1-3H3,(H,18,19)/q-1/b17-10-. The molecule has 6 heteroatoms. The second-order valence-corrected chi connectivity index (χ2v) is 5.52. The van der Waals surface area contributed by atoms with E-state index in [2.05, 4.69) is 10.5 Å². The summed E-state index contributed by atoms with van der Waals surface area (Å²) in [4.78, 5) is 13.1. The Labute approximate surface area is 130 Å². The molecular weight excluding hydrogens is 371 g/mol. The number of nitrogens with one attached hydrogen (secondary N) is 1. The van der Waals surface area contributed by atoms with Crippen molar-refractivity contribution in [3.05, 3.63) is 35.4 Å². The fourth-order valence-corrected chi connectivity index (χ4v) is 2.24. The summed E-state index contributed by atoms with van der Waals surface area (Å²) in [6, 6.07) is 7.20. The maximum absolute atomic E-state index is 11.1. The summed E-state index contributed by atoms with van der Waals surface area (Å²) in [5, 5.41) is 16.1. The fourth-order valence-electron chi connectivity index (χ4n) is 1.75. The number of carbonyl (C=O) groups is 1. The summed E-state index contributed by atoms with van der Waals surface area (Å²) in [7, 11) is 0. The Balaban J connectivity index is 2.73. The van der Waals surface area contributed by atoms with Crippen LogP contribution in [0.15, 0.2) is 29.4 Å². The van der Waals surface area contributed by atoms with E-state index in [4.69, 9.17) is 8.27 Å². The van der Waals surface area contributed by atoms with Gasteiger partial charge in [0.25, 0.3) is 0 Å². The summed E-state index contributed by atoms with van der Waals surface area (Å²) in [6.07, 6.45) is 0.469. The number of nitrogens with zero attached hydrogens (tertiary/aromatic N) is 1. The SMILES string of the molecule is CCNC(Cc1ccc(/C(C)=N\O[I-]C)cc1)C(=O)O. The van der Waals surface area contributed by atoms with Crippen LogP contribution in [0.1, 0.15) is 25.0 Å². The average molecular weight is 391 g/mol. The first kappa shape index (κ1) is 16.9. The van der Waals surface area contributed by atoms with Crippen LogP contribution in [0.3, 0.4) is 0 Å². The third-order valence-electron chi connectivity index (χ3n) is 2.80. The van der Waals surface area contributed by atoms with Gasteiger partial charge in [-0.3, -0.25) is 0 Å². The minimum atomic E-state index is -0.825. The van der Waals surface area contributed by atoms with E-state index in [0.717, 1.165) is 16.8 Å². The number of rotatable bonds is 8. The first-order valence-corrected chi connectivity index (χ1v) is 9.38. The van der Waals surface area contributed by atoms with E-state index in [1.807, 2.05) is 43.0 Å². The van der Waals surface area contributed by atoms with Crippen molar-refractivity contribution in [2.45, 2.75) is 26.3 Å². The average Bonchev–Trinajstić information content (AvgIpc) is 2.45. The van der Waals surface area contributed by atoms with Crippen LogP contribution in [0.25, 0.3) is 0 Å². The van der Waals surface area contributed by atoms with Crippen molar-refractivity contribution in [1.82, 2.24) is 5.32 Å². The molecule has 112 valence electrons. The molecule has 0 amide bonds. The first-order chi connectivity index (χ1) is 9.58. The Hall–Kier alpha value is -1.15. The molecule has 1 unspecified atom stereocenters. The van der Waals surface area contributed by atoms with Crippen molar-refractivity contribution in [3.63, 3.8) is 0 Å². The summed E-state index contributed by atoms with van der Waals surface area (Å²) < 4.78 is 5.12. The van der Waals surface area contributed by atoms with E-state index in [-0.39, 0.29) is 21.6 Å². The Morgan fingerprint density at radius 1 is 1.45 bits per heavy atom. The summed E-state index contributed by atoms with van der Waals surface area (Å²) in [5.41, 5.74) is 2.81. The molecule has 2 N–H and O–H groups in total. The molecule has 0 aromatic heterocycles. The normalized spacial score (nSPS) is 13.2. The number of benzene rings is 1. The number of carboxylic acid groups (broad SMARTS) is 1. The Kier molecular flexibility index (Phi) is 7.53. The second kappa shape index (κ2) is 8.91. The molecule has 5 nitrogen and oxygen atoms in total. The van der Waals surface area contributed by atoms with Gasteiger partial charge < -0.3 is 0 Å². The molecule has 1 rings (SSSR count). The van der Waals surface area contributed by atoms with Crippen LogP contribution < -0.4 is 26.9 Å². The zero-order chi connectivity index (χ0) is 15.0. The van der Waals surface area contributed by atoms with Gasteiger partial charge in [0.1, 0.15) is 0 Å². The number of aliphatic carboxylic acids is 1. The van der Waals surface area contributed by atoms with Crippen molar-refractivity contribution in [2.75, 3.05) is 11.5 Å². The minimum absolute atomic E-state index is 0.310. The van der Waals surface area contributed by atoms with Crippen molar-refractivity contribution in [1.29, 1.82) is 0 Å². The molecule has 0 aliphatic carbocycles. The summed E-state index contributed by atoms with van der Waals surface area (Å²) in [5.74, 6) is -0.825. The topological polar surface area (TPSA) is 70.9 Å². The van der Waals surface area contributed by atoms with Crippen molar-refractivity contribution in [3.8, 4) is 0 Å². The number of carboxylic acids is 1. The number of oxime groups is 1. The Morgan fingerprint density at radius 2 is 2.10 bits per heavy atom. The van der Waals surface area contributed by atoms with Gasteiger partial charge in [-0.15, -0.1) is 0 Å². The van der Waals surface area contributed by atoms with Crippen molar-refractivity contribution >= 4 is 11.7 Å². The van der Waals surface area contributed by atoms with Gasteiger partial charge in [-0.2, -0.15) is 0 Å². The molecule has 20 heavy (non-hydrogen) atoms. The van der Waals surface area contributed by atoms with Crippen molar-refractivity contribution < 1.29 is 34.7 Å². The van der Waals surface area contributed by atoms with Crippen LogP contribution in [0.5, 0.6) is 0 Å². The molecule has 1 aromatic rings. The number of hydrogen-bond donors (Lipinski definition) is 2. The van der Waals surface area contributed by atoms with Gasteiger partial charge in [-0.1, -0.05) is 0 Å². The van der Waals surface area contributed by atoms with Gasteiger partial charge >= 0.3 is 130 Å². The zero-order valence-corrected chi connectivity index (χ0v) is 14.0. The predicted octanol–water partition coefficient (Wildman–Crippen LogP) is -1.33. The molecular formula is C14H20IN2O3-. The zero-order valence-electron chi connectivity index (χ0n) is 11.9. The van der Waals surface area contributed by atoms with E-state index < -0.39 is 12.0 Å². The molecule has 0 fully saturated rings. The first-order valence-electron chi connectivity index (χ1n) is 6.34. The summed E-state index contributed by atoms with van der Waals surface area (Å²) in [6.45, 7) is 4.43. The van der Waals surface area contributed by atoms with Crippen LogP contribution in [0.2, 0.25) is 0 Å². The van der Waals surface area contributed by atoms with Gasteiger partial charge in [0.15, 0.2) is 0 Å². The molecule has 0 aliphatic heterocycles. The van der Waals surface area contributed by atoms with E-state index in [9.17, 15) is 4.79 Å². The third-order valence-corrected chi connectivity index (χ3v) is 3.39. The third kappa shape index (κ3) is 5.46. The maximum atomic E-state index is 11.1. The van der Waals surface area contributed by atoms with Gasteiger partial charge in [0.2, 0.25) is 0 Å². The number of alkyl halides is 1. The van der Waals surface area contributed by atoms with E-state index in [1.165, 1.54) is 0 Å². The monoisotopic (exact) mass is 391 g/mol. The second-order valence-electron chi connectivity index (χ2n) is 4.25. The van der Waals surface area contributed by atoms with Gasteiger partial charge in [0, 0.05) is 0 Å². The molecule has 0 aliphatic rings. The Morgan fingerprint density at radius 3 is 2.60 bits per heavy atom. The predicted molar refractivity (Wildman–Crippen MR) is 74.5 cm³/mol. The van der Waals surface area contributed by atoms with Crippen molar-refractivity contribution in [2.24, 2.45) is 5.16 Å². The quantitative estimate of drug-likeness (QED) is 0.249. The fraction of sp³-hybridized carbons (Fsp3) is 0.429. The molecule has 0 bridgehead atoms. The van der Waals surface area contributed by atoms with E-state index in [1.54, 1.807) is 0 Å². The molecule has 0 radical (unpaired) electrons. The van der Waals surface area contributed by atoms with Crippen LogP contribution in [-0.2, 0) is 14.4 Å². The molecule has 0 spiro atoms. The molecule has 0 saturated heterocycles. The number of hydrogen-bond acceptors (Lipinski definition) is 4. The van der Waals surface area contributed by atoms with Gasteiger partial charge in [0.05, 0.1) is 0 Å². The van der Waals surface area contributed by atoms with Crippen LogP contribution in [0, 0.1) is 0 Å². The van der Waals surface area contributed by atoms with Gasteiger partial charge in [-0.05, 0) is 0 Å². The summed E-state index contributed by atoms with van der Waals surface area (Å²) >= 11 is -0.310. The molecule has 0 saturated carbocycles. The van der Waals surface area contributed by atoms with E-state index in [0.29, 0.717) is 13.0 Å². The Bertz CT molecular complexity index is 460. The molecule has 0 heterocycles. The van der Waals surface area contributed by atoms with Gasteiger partial charge in [-0.25, -0.2) is 0 Å². The van der Waals surface area contributed by atoms with Crippen LogP contribution >= 0.6 is 0 Å². The van der Waals surface area contributed by atoms with Crippen LogP contribution in [0.4, 0.5) is 0 Å². The molecule has 1 atom stereocenters. The number of halogens is 1. The van der Waals surface area contributed by atoms with Crippen LogP contribution in [-0.4, -0.2) is 34.3 Å².